The zero-order valence-corrected chi connectivity index (χ0v) is 11.9. The Morgan fingerprint density at radius 2 is 2.11 bits per heavy atom. The van der Waals surface area contributed by atoms with Crippen molar-refractivity contribution in [2.75, 3.05) is 30.9 Å². The van der Waals surface area contributed by atoms with Crippen molar-refractivity contribution < 1.29 is 9.00 Å². The van der Waals surface area contributed by atoms with Crippen LogP contribution in [0.5, 0.6) is 0 Å². The highest BCUT2D eigenvalue weighted by molar-refractivity contribution is 7.84. The van der Waals surface area contributed by atoms with Gasteiger partial charge in [0.1, 0.15) is 0 Å². The predicted molar refractivity (Wildman–Crippen MR) is 76.6 cm³/mol. The SMILES string of the molecule is CNc1ccc(C(=O)NCCCS(C)=O)c(C)c1. The largest absolute Gasteiger partial charge is 0.388 e. The molecule has 0 spiro atoms. The number of rotatable bonds is 6. The van der Waals surface area contributed by atoms with Gasteiger partial charge in [0.05, 0.1) is 0 Å². The minimum absolute atomic E-state index is 0.0722. The fourth-order valence-corrected chi connectivity index (χ4v) is 2.20. The van der Waals surface area contributed by atoms with Crippen LogP contribution in [-0.4, -0.2) is 35.7 Å². The minimum Gasteiger partial charge on any atom is -0.388 e. The molecule has 0 radical (unpaired) electrons. The fourth-order valence-electron chi connectivity index (χ4n) is 1.65. The molecular weight excluding hydrogens is 248 g/mol. The third-order valence-corrected chi connectivity index (χ3v) is 3.52. The summed E-state index contributed by atoms with van der Waals surface area (Å²) in [6.07, 6.45) is 2.41. The molecule has 1 amide bonds. The zero-order valence-electron chi connectivity index (χ0n) is 11.1. The van der Waals surface area contributed by atoms with E-state index in [2.05, 4.69) is 10.6 Å². The number of hydrogen-bond acceptors (Lipinski definition) is 3. The average Bonchev–Trinajstić information content (AvgIpc) is 2.33. The van der Waals surface area contributed by atoms with Crippen molar-refractivity contribution >= 4 is 22.4 Å². The lowest BCUT2D eigenvalue weighted by atomic mass is 10.1. The molecule has 0 aliphatic carbocycles. The number of anilines is 1. The molecule has 0 aliphatic rings. The van der Waals surface area contributed by atoms with Crippen molar-refractivity contribution in [3.8, 4) is 0 Å². The molecule has 1 unspecified atom stereocenters. The molecule has 18 heavy (non-hydrogen) atoms. The summed E-state index contributed by atoms with van der Waals surface area (Å²) in [6.45, 7) is 2.47. The van der Waals surface area contributed by atoms with Crippen LogP contribution in [0.25, 0.3) is 0 Å². The minimum atomic E-state index is -0.793. The van der Waals surface area contributed by atoms with Gasteiger partial charge in [-0.1, -0.05) is 0 Å². The summed E-state index contributed by atoms with van der Waals surface area (Å²) in [5.41, 5.74) is 2.62. The maximum atomic E-state index is 11.9. The molecule has 0 saturated heterocycles. The van der Waals surface area contributed by atoms with Crippen LogP contribution < -0.4 is 10.6 Å². The van der Waals surface area contributed by atoms with E-state index in [1.165, 1.54) is 0 Å². The Bertz CT molecular complexity index is 447. The van der Waals surface area contributed by atoms with Crippen molar-refractivity contribution in [2.24, 2.45) is 0 Å². The van der Waals surface area contributed by atoms with Crippen LogP contribution in [0, 0.1) is 6.92 Å². The Kier molecular flexibility index (Phi) is 5.85. The summed E-state index contributed by atoms with van der Waals surface area (Å²) in [4.78, 5) is 11.9. The lowest BCUT2D eigenvalue weighted by Crippen LogP contribution is -2.26. The second-order valence-corrected chi connectivity index (χ2v) is 5.72. The molecule has 0 saturated carbocycles. The maximum absolute atomic E-state index is 11.9. The van der Waals surface area contributed by atoms with Gasteiger partial charge in [-0.25, -0.2) is 0 Å². The van der Waals surface area contributed by atoms with E-state index in [1.54, 1.807) is 6.26 Å². The highest BCUT2D eigenvalue weighted by atomic mass is 32.2. The number of aryl methyl sites for hydroxylation is 1. The van der Waals surface area contributed by atoms with Crippen LogP contribution in [0.15, 0.2) is 18.2 Å². The van der Waals surface area contributed by atoms with Crippen molar-refractivity contribution in [3.05, 3.63) is 29.3 Å². The summed E-state index contributed by atoms with van der Waals surface area (Å²) in [5.74, 6) is 0.551. The van der Waals surface area contributed by atoms with Crippen molar-refractivity contribution in [2.45, 2.75) is 13.3 Å². The van der Waals surface area contributed by atoms with E-state index in [-0.39, 0.29) is 5.91 Å². The van der Waals surface area contributed by atoms with Gasteiger partial charge in [-0.3, -0.25) is 9.00 Å². The molecule has 100 valence electrons. The van der Waals surface area contributed by atoms with E-state index >= 15 is 0 Å². The quantitative estimate of drug-likeness (QED) is 0.769. The first-order chi connectivity index (χ1) is 8.54. The monoisotopic (exact) mass is 268 g/mol. The van der Waals surface area contributed by atoms with Crippen molar-refractivity contribution in [1.29, 1.82) is 0 Å². The lowest BCUT2D eigenvalue weighted by Gasteiger charge is -2.09. The highest BCUT2D eigenvalue weighted by Gasteiger charge is 2.08. The Morgan fingerprint density at radius 3 is 2.67 bits per heavy atom. The van der Waals surface area contributed by atoms with E-state index in [0.717, 1.165) is 17.7 Å². The van der Waals surface area contributed by atoms with Gasteiger partial charge >= 0.3 is 0 Å². The molecule has 0 heterocycles. The van der Waals surface area contributed by atoms with Gasteiger partial charge in [-0.2, -0.15) is 0 Å². The Hall–Kier alpha value is -1.36. The van der Waals surface area contributed by atoms with Crippen LogP contribution in [0.2, 0.25) is 0 Å². The Labute approximate surface area is 111 Å². The Morgan fingerprint density at radius 1 is 1.39 bits per heavy atom. The predicted octanol–water partition coefficient (Wildman–Crippen LogP) is 1.54. The third-order valence-electron chi connectivity index (χ3n) is 2.65. The average molecular weight is 268 g/mol. The highest BCUT2D eigenvalue weighted by Crippen LogP contribution is 2.14. The van der Waals surface area contributed by atoms with Crippen LogP contribution in [0.4, 0.5) is 5.69 Å². The van der Waals surface area contributed by atoms with Gasteiger partial charge in [0.25, 0.3) is 5.91 Å². The van der Waals surface area contributed by atoms with Crippen LogP contribution in [0.3, 0.4) is 0 Å². The lowest BCUT2D eigenvalue weighted by molar-refractivity contribution is 0.0953. The first-order valence-corrected chi connectivity index (χ1v) is 7.64. The normalized spacial score (nSPS) is 11.9. The first-order valence-electron chi connectivity index (χ1n) is 5.91. The number of benzene rings is 1. The second kappa shape index (κ2) is 7.16. The number of hydrogen-bond donors (Lipinski definition) is 2. The Balaban J connectivity index is 2.54. The van der Waals surface area contributed by atoms with Crippen LogP contribution >= 0.6 is 0 Å². The number of amides is 1. The number of carbonyl (C=O) groups is 1. The van der Waals surface area contributed by atoms with Gasteiger partial charge in [0.2, 0.25) is 0 Å². The van der Waals surface area contributed by atoms with Crippen molar-refractivity contribution in [1.82, 2.24) is 5.32 Å². The van der Waals surface area contributed by atoms with E-state index in [9.17, 15) is 9.00 Å². The van der Waals surface area contributed by atoms with Crippen LogP contribution in [-0.2, 0) is 10.8 Å². The zero-order chi connectivity index (χ0) is 13.5. The molecule has 1 aromatic carbocycles. The molecule has 0 aromatic heterocycles. The van der Waals surface area contributed by atoms with Crippen LogP contribution in [0.1, 0.15) is 22.3 Å². The molecule has 1 rings (SSSR count). The van der Waals surface area contributed by atoms with E-state index < -0.39 is 10.8 Å². The summed E-state index contributed by atoms with van der Waals surface area (Å²) >= 11 is 0. The molecule has 0 bridgehead atoms. The molecule has 2 N–H and O–H groups in total. The second-order valence-electron chi connectivity index (χ2n) is 4.17. The smallest absolute Gasteiger partial charge is 0.251 e. The molecule has 0 fully saturated rings. The standard InChI is InChI=1S/C13H20N2O2S/c1-10-9-11(14-2)5-6-12(10)13(16)15-7-4-8-18(3)17/h5-6,9,14H,4,7-8H2,1-3H3,(H,15,16). The van der Waals surface area contributed by atoms with Gasteiger partial charge in [0.15, 0.2) is 0 Å². The molecule has 1 atom stereocenters. The third kappa shape index (κ3) is 4.49. The van der Waals surface area contributed by atoms with Gasteiger partial charge in [-0.15, -0.1) is 0 Å². The van der Waals surface area contributed by atoms with Gasteiger partial charge in [-0.05, 0) is 37.1 Å². The summed E-state index contributed by atoms with van der Waals surface area (Å²) in [5, 5.41) is 5.87. The summed E-state index contributed by atoms with van der Waals surface area (Å²) in [7, 11) is 1.05. The van der Waals surface area contributed by atoms with Gasteiger partial charge in [0, 0.05) is 47.7 Å². The van der Waals surface area contributed by atoms with E-state index in [1.807, 2.05) is 32.2 Å². The summed E-state index contributed by atoms with van der Waals surface area (Å²) < 4.78 is 10.9. The molecular formula is C13H20N2O2S. The van der Waals surface area contributed by atoms with E-state index in [4.69, 9.17) is 0 Å². The summed E-state index contributed by atoms with van der Waals surface area (Å²) in [6, 6.07) is 5.63. The molecule has 0 aliphatic heterocycles. The molecule has 4 nitrogen and oxygen atoms in total. The maximum Gasteiger partial charge on any atom is 0.251 e. The van der Waals surface area contributed by atoms with Gasteiger partial charge < -0.3 is 10.6 Å². The molecule has 5 heteroatoms. The first kappa shape index (κ1) is 14.7. The number of nitrogens with one attached hydrogen (secondary N) is 2. The fraction of sp³-hybridized carbons (Fsp3) is 0.462. The topological polar surface area (TPSA) is 58.2 Å². The van der Waals surface area contributed by atoms with E-state index in [0.29, 0.717) is 17.9 Å². The molecule has 1 aromatic rings. The van der Waals surface area contributed by atoms with Crippen molar-refractivity contribution in [3.63, 3.8) is 0 Å². The number of carbonyl (C=O) groups excluding carboxylic acids is 1.